The summed E-state index contributed by atoms with van der Waals surface area (Å²) in [7, 11) is 0. The molecular formula is C19H16N2O2. The van der Waals surface area contributed by atoms with Crippen molar-refractivity contribution in [3.63, 3.8) is 0 Å². The fourth-order valence-corrected chi connectivity index (χ4v) is 2.12. The third-order valence-corrected chi connectivity index (χ3v) is 3.44. The van der Waals surface area contributed by atoms with E-state index in [-0.39, 0.29) is 5.69 Å². The molecule has 0 amide bonds. The first-order valence-corrected chi connectivity index (χ1v) is 7.30. The van der Waals surface area contributed by atoms with Crippen molar-refractivity contribution in [2.45, 2.75) is 13.8 Å². The van der Waals surface area contributed by atoms with Crippen LogP contribution in [0.2, 0.25) is 0 Å². The molecule has 0 unspecified atom stereocenters. The van der Waals surface area contributed by atoms with E-state index in [1.165, 1.54) is 18.0 Å². The monoisotopic (exact) mass is 304 g/mol. The lowest BCUT2D eigenvalue weighted by Crippen LogP contribution is -2.11. The van der Waals surface area contributed by atoms with Crippen molar-refractivity contribution >= 4 is 5.97 Å². The van der Waals surface area contributed by atoms with Gasteiger partial charge in [0.25, 0.3) is 0 Å². The Balaban J connectivity index is 1.73. The molecule has 0 N–H and O–H groups in total. The summed E-state index contributed by atoms with van der Waals surface area (Å²) < 4.78 is 5.31. The predicted molar refractivity (Wildman–Crippen MR) is 88.3 cm³/mol. The molecule has 0 saturated carbocycles. The van der Waals surface area contributed by atoms with Crippen molar-refractivity contribution in [2.75, 3.05) is 0 Å². The average molecular weight is 304 g/mol. The fraction of sp³-hybridized carbons (Fsp3) is 0.105. The van der Waals surface area contributed by atoms with Gasteiger partial charge in [0.15, 0.2) is 5.69 Å². The zero-order valence-corrected chi connectivity index (χ0v) is 13.0. The molecule has 0 spiro atoms. The van der Waals surface area contributed by atoms with Gasteiger partial charge in [-0.3, -0.25) is 4.98 Å². The second-order valence-electron chi connectivity index (χ2n) is 5.32. The van der Waals surface area contributed by atoms with Crippen LogP contribution in [0.5, 0.6) is 5.75 Å². The normalized spacial score (nSPS) is 10.3. The molecule has 0 aliphatic rings. The lowest BCUT2D eigenvalue weighted by Gasteiger charge is -2.06. The topological polar surface area (TPSA) is 52.1 Å². The van der Waals surface area contributed by atoms with Crippen molar-refractivity contribution in [1.82, 2.24) is 9.97 Å². The second kappa shape index (κ2) is 6.40. The molecule has 3 aromatic rings. The highest BCUT2D eigenvalue weighted by molar-refractivity contribution is 5.88. The molecule has 0 bridgehead atoms. The smallest absolute Gasteiger partial charge is 0.363 e. The van der Waals surface area contributed by atoms with E-state index in [4.69, 9.17) is 4.74 Å². The lowest BCUT2D eigenvalue weighted by atomic mass is 10.0. The first-order chi connectivity index (χ1) is 11.1. The lowest BCUT2D eigenvalue weighted by molar-refractivity contribution is 0.0728. The number of hydrogen-bond acceptors (Lipinski definition) is 4. The molecule has 0 aliphatic heterocycles. The Morgan fingerprint density at radius 2 is 1.43 bits per heavy atom. The van der Waals surface area contributed by atoms with E-state index < -0.39 is 5.97 Å². The maximum Gasteiger partial charge on any atom is 0.363 e. The van der Waals surface area contributed by atoms with Crippen LogP contribution < -0.4 is 4.74 Å². The summed E-state index contributed by atoms with van der Waals surface area (Å²) >= 11 is 0. The van der Waals surface area contributed by atoms with Crippen LogP contribution in [0.15, 0.2) is 60.9 Å². The number of benzene rings is 2. The minimum atomic E-state index is -0.513. The van der Waals surface area contributed by atoms with E-state index in [1.807, 2.05) is 19.1 Å². The van der Waals surface area contributed by atoms with Crippen molar-refractivity contribution < 1.29 is 9.53 Å². The summed E-state index contributed by atoms with van der Waals surface area (Å²) in [5, 5.41) is 0. The molecule has 0 atom stereocenters. The Hall–Kier alpha value is -3.01. The maximum atomic E-state index is 12.0. The van der Waals surface area contributed by atoms with Crippen LogP contribution in [0.3, 0.4) is 0 Å². The van der Waals surface area contributed by atoms with Gasteiger partial charge in [-0.25, -0.2) is 9.78 Å². The minimum absolute atomic E-state index is 0.193. The van der Waals surface area contributed by atoms with Crippen molar-refractivity contribution in [1.29, 1.82) is 0 Å². The van der Waals surface area contributed by atoms with E-state index >= 15 is 0 Å². The molecule has 4 heteroatoms. The van der Waals surface area contributed by atoms with Gasteiger partial charge in [0.2, 0.25) is 0 Å². The summed E-state index contributed by atoms with van der Waals surface area (Å²) in [4.78, 5) is 20.0. The predicted octanol–water partition coefficient (Wildman–Crippen LogP) is 3.98. The van der Waals surface area contributed by atoms with Gasteiger partial charge in [0, 0.05) is 6.20 Å². The van der Waals surface area contributed by atoms with Crippen LogP contribution in [0, 0.1) is 13.8 Å². The number of esters is 1. The standard InChI is InChI=1S/C19H16N2O2/c1-13-3-5-15(6-4-13)16-7-9-17(10-8-16)23-19(22)18-12-20-14(2)11-21-18/h3-12H,1-2H3. The number of nitrogens with zero attached hydrogens (tertiary/aromatic N) is 2. The highest BCUT2D eigenvalue weighted by Crippen LogP contribution is 2.23. The van der Waals surface area contributed by atoms with Gasteiger partial charge >= 0.3 is 5.97 Å². The van der Waals surface area contributed by atoms with Gasteiger partial charge in [0.05, 0.1) is 11.9 Å². The van der Waals surface area contributed by atoms with E-state index in [9.17, 15) is 4.79 Å². The number of ether oxygens (including phenoxy) is 1. The molecule has 3 rings (SSSR count). The number of aromatic nitrogens is 2. The van der Waals surface area contributed by atoms with Crippen LogP contribution in [-0.2, 0) is 0 Å². The highest BCUT2D eigenvalue weighted by atomic mass is 16.5. The Labute approximate surface area is 134 Å². The summed E-state index contributed by atoms with van der Waals surface area (Å²) in [6, 6.07) is 15.7. The van der Waals surface area contributed by atoms with E-state index in [0.717, 1.165) is 16.8 Å². The van der Waals surface area contributed by atoms with Gasteiger partial charge in [-0.1, -0.05) is 42.0 Å². The number of carbonyl (C=O) groups excluding carboxylic acids is 1. The quantitative estimate of drug-likeness (QED) is 0.542. The summed E-state index contributed by atoms with van der Waals surface area (Å²) in [6.45, 7) is 3.87. The van der Waals surface area contributed by atoms with Crippen LogP contribution in [0.4, 0.5) is 0 Å². The summed E-state index contributed by atoms with van der Waals surface area (Å²) in [6.07, 6.45) is 2.95. The molecule has 4 nitrogen and oxygen atoms in total. The zero-order chi connectivity index (χ0) is 16.2. The molecule has 114 valence electrons. The largest absolute Gasteiger partial charge is 0.422 e. The van der Waals surface area contributed by atoms with Gasteiger partial charge in [-0.05, 0) is 37.1 Å². The molecule has 0 fully saturated rings. The van der Waals surface area contributed by atoms with Gasteiger partial charge in [0.1, 0.15) is 5.75 Å². The highest BCUT2D eigenvalue weighted by Gasteiger charge is 2.10. The second-order valence-corrected chi connectivity index (χ2v) is 5.32. The number of rotatable bonds is 3. The molecule has 1 heterocycles. The number of hydrogen-bond donors (Lipinski definition) is 0. The van der Waals surface area contributed by atoms with Crippen LogP contribution in [-0.4, -0.2) is 15.9 Å². The first kappa shape index (κ1) is 14.9. The van der Waals surface area contributed by atoms with Crippen LogP contribution in [0.1, 0.15) is 21.7 Å². The number of carbonyl (C=O) groups is 1. The summed E-state index contributed by atoms with van der Waals surface area (Å²) in [5.74, 6) is -0.0335. The Kier molecular flexibility index (Phi) is 4.15. The van der Waals surface area contributed by atoms with E-state index in [2.05, 4.69) is 41.2 Å². The van der Waals surface area contributed by atoms with Gasteiger partial charge in [-0.15, -0.1) is 0 Å². The molecule has 0 radical (unpaired) electrons. The van der Waals surface area contributed by atoms with Gasteiger partial charge < -0.3 is 4.74 Å². The Morgan fingerprint density at radius 1 is 0.826 bits per heavy atom. The maximum absolute atomic E-state index is 12.0. The SMILES string of the molecule is Cc1ccc(-c2ccc(OC(=O)c3cnc(C)cn3)cc2)cc1. The first-order valence-electron chi connectivity index (χ1n) is 7.30. The van der Waals surface area contributed by atoms with Crippen LogP contribution in [0.25, 0.3) is 11.1 Å². The number of aryl methyl sites for hydroxylation is 2. The van der Waals surface area contributed by atoms with Crippen LogP contribution >= 0.6 is 0 Å². The van der Waals surface area contributed by atoms with E-state index in [0.29, 0.717) is 5.75 Å². The Morgan fingerprint density at radius 3 is 2.00 bits per heavy atom. The van der Waals surface area contributed by atoms with Crippen molar-refractivity contribution in [2.24, 2.45) is 0 Å². The molecular weight excluding hydrogens is 288 g/mol. The van der Waals surface area contributed by atoms with Crippen molar-refractivity contribution in [3.05, 3.63) is 77.9 Å². The zero-order valence-electron chi connectivity index (χ0n) is 13.0. The van der Waals surface area contributed by atoms with Gasteiger partial charge in [-0.2, -0.15) is 0 Å². The molecule has 23 heavy (non-hydrogen) atoms. The van der Waals surface area contributed by atoms with E-state index in [1.54, 1.807) is 12.1 Å². The third-order valence-electron chi connectivity index (χ3n) is 3.44. The summed E-state index contributed by atoms with van der Waals surface area (Å²) in [5.41, 5.74) is 4.36. The minimum Gasteiger partial charge on any atom is -0.422 e. The molecule has 0 saturated heterocycles. The fourth-order valence-electron chi connectivity index (χ4n) is 2.12. The molecule has 0 aliphatic carbocycles. The average Bonchev–Trinajstić information content (AvgIpc) is 2.57. The Bertz CT molecular complexity index is 807. The van der Waals surface area contributed by atoms with Crippen molar-refractivity contribution in [3.8, 4) is 16.9 Å². The third kappa shape index (κ3) is 3.61. The molecule has 2 aromatic carbocycles. The molecule has 1 aromatic heterocycles.